The minimum absolute atomic E-state index is 0.447. The number of rotatable bonds is 1. The second-order valence-corrected chi connectivity index (χ2v) is 4.78. The van der Waals surface area contributed by atoms with E-state index >= 15 is 0 Å². The standard InChI is InChI=1S/C8H3BrClNOS/c9-4-1-5-8(11-2-4)7(10)6(3-12)13-5/h1-3H. The summed E-state index contributed by atoms with van der Waals surface area (Å²) in [7, 11) is 0. The molecule has 0 N–H and O–H groups in total. The third-order valence-corrected chi connectivity index (χ3v) is 3.55. The van der Waals surface area contributed by atoms with Crippen LogP contribution >= 0.6 is 38.9 Å². The van der Waals surface area contributed by atoms with E-state index in [1.807, 2.05) is 6.07 Å². The number of nitrogens with zero attached hydrogens (tertiary/aromatic N) is 1. The summed E-state index contributed by atoms with van der Waals surface area (Å²) >= 11 is 10.6. The summed E-state index contributed by atoms with van der Waals surface area (Å²) in [5.41, 5.74) is 0.692. The van der Waals surface area contributed by atoms with Crippen LogP contribution in [0.2, 0.25) is 5.02 Å². The Hall–Kier alpha value is -0.450. The molecule has 2 aromatic rings. The van der Waals surface area contributed by atoms with E-state index < -0.39 is 0 Å². The smallest absolute Gasteiger partial charge is 0.161 e. The molecule has 0 aromatic carbocycles. The molecular weight excluding hydrogens is 274 g/mol. The molecule has 0 aliphatic carbocycles. The number of fused-ring (bicyclic) bond motifs is 1. The molecule has 13 heavy (non-hydrogen) atoms. The summed E-state index contributed by atoms with van der Waals surface area (Å²) in [4.78, 5) is 15.2. The fraction of sp³-hybridized carbons (Fsp3) is 0. The van der Waals surface area contributed by atoms with Crippen molar-refractivity contribution < 1.29 is 4.79 Å². The van der Waals surface area contributed by atoms with Gasteiger partial charge in [0.2, 0.25) is 0 Å². The number of carbonyl (C=O) groups is 1. The molecule has 0 unspecified atom stereocenters. The van der Waals surface area contributed by atoms with Crippen molar-refractivity contribution in [3.05, 3.63) is 26.6 Å². The third kappa shape index (κ3) is 1.49. The van der Waals surface area contributed by atoms with Gasteiger partial charge in [0.25, 0.3) is 0 Å². The van der Waals surface area contributed by atoms with Crippen molar-refractivity contribution in [2.75, 3.05) is 0 Å². The van der Waals surface area contributed by atoms with Crippen LogP contribution in [-0.4, -0.2) is 11.3 Å². The highest BCUT2D eigenvalue weighted by Crippen LogP contribution is 2.33. The average Bonchev–Trinajstić information content (AvgIpc) is 2.42. The first kappa shape index (κ1) is 9.12. The average molecular weight is 277 g/mol. The predicted molar refractivity (Wildman–Crippen MR) is 57.7 cm³/mol. The summed E-state index contributed by atoms with van der Waals surface area (Å²) in [6.45, 7) is 0. The summed E-state index contributed by atoms with van der Waals surface area (Å²) in [5, 5.41) is 0.447. The van der Waals surface area contributed by atoms with Crippen molar-refractivity contribution in [3.8, 4) is 0 Å². The lowest BCUT2D eigenvalue weighted by Gasteiger charge is -1.89. The Morgan fingerprint density at radius 1 is 1.62 bits per heavy atom. The molecule has 0 radical (unpaired) electrons. The lowest BCUT2D eigenvalue weighted by atomic mass is 10.4. The minimum atomic E-state index is 0.447. The number of thiophene rings is 1. The fourth-order valence-electron chi connectivity index (χ4n) is 1.02. The molecule has 5 heteroatoms. The number of hydrogen-bond acceptors (Lipinski definition) is 3. The van der Waals surface area contributed by atoms with Crippen LogP contribution < -0.4 is 0 Å². The Kier molecular flexibility index (Phi) is 2.36. The molecule has 0 atom stereocenters. The lowest BCUT2D eigenvalue weighted by molar-refractivity contribution is 0.112. The van der Waals surface area contributed by atoms with Gasteiger partial charge >= 0.3 is 0 Å². The number of aromatic nitrogens is 1. The van der Waals surface area contributed by atoms with E-state index in [0.29, 0.717) is 15.4 Å². The zero-order valence-electron chi connectivity index (χ0n) is 6.25. The van der Waals surface area contributed by atoms with Crippen LogP contribution in [0.5, 0.6) is 0 Å². The van der Waals surface area contributed by atoms with Crippen molar-refractivity contribution in [2.45, 2.75) is 0 Å². The van der Waals surface area contributed by atoms with E-state index in [-0.39, 0.29) is 0 Å². The molecule has 0 aliphatic heterocycles. The molecule has 0 fully saturated rings. The molecule has 2 aromatic heterocycles. The molecule has 2 heterocycles. The van der Waals surface area contributed by atoms with Gasteiger partial charge in [-0.05, 0) is 22.0 Å². The van der Waals surface area contributed by atoms with Crippen LogP contribution in [0.15, 0.2) is 16.7 Å². The topological polar surface area (TPSA) is 30.0 Å². The maximum Gasteiger partial charge on any atom is 0.161 e. The van der Waals surface area contributed by atoms with Crippen LogP contribution in [0, 0.1) is 0 Å². The second-order valence-electron chi connectivity index (χ2n) is 2.40. The zero-order valence-corrected chi connectivity index (χ0v) is 9.41. The monoisotopic (exact) mass is 275 g/mol. The van der Waals surface area contributed by atoms with E-state index in [1.165, 1.54) is 11.3 Å². The Morgan fingerprint density at radius 3 is 3.08 bits per heavy atom. The lowest BCUT2D eigenvalue weighted by Crippen LogP contribution is -1.74. The van der Waals surface area contributed by atoms with Crippen LogP contribution in [0.25, 0.3) is 10.2 Å². The summed E-state index contributed by atoms with van der Waals surface area (Å²) in [6.07, 6.45) is 2.41. The number of pyridine rings is 1. The van der Waals surface area contributed by atoms with Gasteiger partial charge in [-0.15, -0.1) is 11.3 Å². The van der Waals surface area contributed by atoms with Crippen molar-refractivity contribution in [3.63, 3.8) is 0 Å². The largest absolute Gasteiger partial charge is 0.297 e. The molecular formula is C8H3BrClNOS. The van der Waals surface area contributed by atoms with Gasteiger partial charge in [0.05, 0.1) is 14.6 Å². The van der Waals surface area contributed by atoms with Crippen molar-refractivity contribution in [2.24, 2.45) is 0 Å². The molecule has 0 saturated heterocycles. The minimum Gasteiger partial charge on any atom is -0.297 e. The highest BCUT2D eigenvalue weighted by molar-refractivity contribution is 9.10. The third-order valence-electron chi connectivity index (χ3n) is 1.57. The number of halogens is 2. The first-order valence-electron chi connectivity index (χ1n) is 3.41. The van der Waals surface area contributed by atoms with Gasteiger partial charge in [0, 0.05) is 10.7 Å². The van der Waals surface area contributed by atoms with Gasteiger partial charge in [-0.25, -0.2) is 0 Å². The van der Waals surface area contributed by atoms with Crippen molar-refractivity contribution in [1.82, 2.24) is 4.98 Å². The number of hydrogen-bond donors (Lipinski definition) is 0. The summed E-state index contributed by atoms with van der Waals surface area (Å²) in [5.74, 6) is 0. The predicted octanol–water partition coefficient (Wildman–Crippen LogP) is 3.52. The Bertz CT molecular complexity index is 482. The van der Waals surface area contributed by atoms with Crippen LogP contribution in [-0.2, 0) is 0 Å². The van der Waals surface area contributed by atoms with E-state index in [1.54, 1.807) is 6.20 Å². The first-order chi connectivity index (χ1) is 6.22. The molecule has 2 nitrogen and oxygen atoms in total. The first-order valence-corrected chi connectivity index (χ1v) is 5.40. The highest BCUT2D eigenvalue weighted by atomic mass is 79.9. The summed E-state index contributed by atoms with van der Waals surface area (Å²) < 4.78 is 1.80. The Balaban J connectivity index is 2.83. The zero-order chi connectivity index (χ0) is 9.42. The molecule has 0 spiro atoms. The van der Waals surface area contributed by atoms with Gasteiger partial charge in [-0.2, -0.15) is 0 Å². The van der Waals surface area contributed by atoms with Crippen molar-refractivity contribution >= 4 is 55.4 Å². The Labute approximate surface area is 91.7 Å². The van der Waals surface area contributed by atoms with Crippen LogP contribution in [0.3, 0.4) is 0 Å². The van der Waals surface area contributed by atoms with E-state index in [9.17, 15) is 4.79 Å². The second kappa shape index (κ2) is 3.36. The van der Waals surface area contributed by atoms with E-state index in [4.69, 9.17) is 11.6 Å². The quantitative estimate of drug-likeness (QED) is 0.746. The van der Waals surface area contributed by atoms with Gasteiger partial charge in [0.15, 0.2) is 6.29 Å². The van der Waals surface area contributed by atoms with Gasteiger partial charge in [-0.1, -0.05) is 11.6 Å². The molecule has 0 amide bonds. The van der Waals surface area contributed by atoms with E-state index in [2.05, 4.69) is 20.9 Å². The molecule has 0 aliphatic rings. The SMILES string of the molecule is O=Cc1sc2cc(Br)cnc2c1Cl. The highest BCUT2D eigenvalue weighted by Gasteiger charge is 2.10. The van der Waals surface area contributed by atoms with Gasteiger partial charge in [0.1, 0.15) is 5.52 Å². The van der Waals surface area contributed by atoms with Crippen molar-refractivity contribution in [1.29, 1.82) is 0 Å². The van der Waals surface area contributed by atoms with Crippen LogP contribution in [0.4, 0.5) is 0 Å². The maximum absolute atomic E-state index is 10.6. The van der Waals surface area contributed by atoms with Gasteiger partial charge < -0.3 is 0 Å². The molecule has 66 valence electrons. The Morgan fingerprint density at radius 2 is 2.38 bits per heavy atom. The summed E-state index contributed by atoms with van der Waals surface area (Å²) in [6, 6.07) is 1.89. The number of carbonyl (C=O) groups excluding carboxylic acids is 1. The number of aldehydes is 1. The maximum atomic E-state index is 10.6. The molecule has 2 rings (SSSR count). The molecule has 0 bridgehead atoms. The van der Waals surface area contributed by atoms with Gasteiger partial charge in [-0.3, -0.25) is 9.78 Å². The fourth-order valence-corrected chi connectivity index (χ4v) is 2.78. The molecule has 0 saturated carbocycles. The van der Waals surface area contributed by atoms with Crippen LogP contribution in [0.1, 0.15) is 9.67 Å². The van der Waals surface area contributed by atoms with E-state index in [0.717, 1.165) is 15.5 Å². The normalized spacial score (nSPS) is 10.6.